The molecule has 2 aromatic rings. The maximum atomic E-state index is 12.6. The van der Waals surface area contributed by atoms with Gasteiger partial charge in [0.1, 0.15) is 0 Å². The molecule has 0 saturated carbocycles. The Bertz CT molecular complexity index is 711. The van der Waals surface area contributed by atoms with Crippen molar-refractivity contribution in [1.82, 2.24) is 9.88 Å². The van der Waals surface area contributed by atoms with Crippen LogP contribution in [0.4, 0.5) is 11.4 Å². The number of nitrogens with zero attached hydrogens (tertiary/aromatic N) is 4. The van der Waals surface area contributed by atoms with E-state index in [0.717, 1.165) is 51.3 Å². The van der Waals surface area contributed by atoms with Crippen molar-refractivity contribution in [2.24, 2.45) is 0 Å². The van der Waals surface area contributed by atoms with Crippen LogP contribution in [0.3, 0.4) is 0 Å². The van der Waals surface area contributed by atoms with E-state index in [0.29, 0.717) is 5.56 Å². The van der Waals surface area contributed by atoms with Crippen LogP contribution in [-0.4, -0.2) is 55.6 Å². The summed E-state index contributed by atoms with van der Waals surface area (Å²) in [5, 5.41) is 0. The molecule has 138 valence electrons. The van der Waals surface area contributed by atoms with Crippen molar-refractivity contribution in [3.8, 4) is 0 Å². The lowest BCUT2D eigenvalue weighted by Gasteiger charge is -2.37. The molecule has 1 aromatic heterocycles. The zero-order chi connectivity index (χ0) is 18.4. The number of hydrogen-bond donors (Lipinski definition) is 0. The Hall–Kier alpha value is -2.56. The van der Waals surface area contributed by atoms with E-state index in [1.807, 2.05) is 25.4 Å². The van der Waals surface area contributed by atoms with Crippen LogP contribution in [0.15, 0.2) is 48.8 Å². The van der Waals surface area contributed by atoms with Gasteiger partial charge >= 0.3 is 0 Å². The summed E-state index contributed by atoms with van der Waals surface area (Å²) in [6, 6.07) is 12.5. The molecular formula is C21H28N4O. The zero-order valence-corrected chi connectivity index (χ0v) is 15.8. The van der Waals surface area contributed by atoms with Crippen LogP contribution in [0.25, 0.3) is 0 Å². The summed E-state index contributed by atoms with van der Waals surface area (Å²) in [4.78, 5) is 23.4. The molecule has 5 nitrogen and oxygen atoms in total. The second-order valence-electron chi connectivity index (χ2n) is 6.82. The monoisotopic (exact) mass is 352 g/mol. The van der Waals surface area contributed by atoms with Gasteiger partial charge in [0.05, 0.1) is 17.4 Å². The second-order valence-corrected chi connectivity index (χ2v) is 6.82. The lowest BCUT2D eigenvalue weighted by atomic mass is 10.2. The number of amides is 1. The van der Waals surface area contributed by atoms with Crippen molar-refractivity contribution in [3.63, 3.8) is 0 Å². The molecule has 0 aliphatic carbocycles. The number of benzene rings is 1. The third-order valence-electron chi connectivity index (χ3n) is 4.93. The lowest BCUT2D eigenvalue weighted by molar-refractivity contribution is 0.0793. The van der Waals surface area contributed by atoms with Gasteiger partial charge in [-0.1, -0.05) is 31.5 Å². The molecule has 0 spiro atoms. The standard InChI is InChI=1S/C21H28N4O/c1-3-4-10-23(2)21(26)18-15-20(17-22-16-18)25-13-11-24(12-14-25)19-8-6-5-7-9-19/h5-9,15-17H,3-4,10-14H2,1-2H3. The first kappa shape index (κ1) is 18.2. The second kappa shape index (κ2) is 8.70. The summed E-state index contributed by atoms with van der Waals surface area (Å²) in [6.07, 6.45) is 5.65. The van der Waals surface area contributed by atoms with Gasteiger partial charge in [-0.25, -0.2) is 0 Å². The number of hydrogen-bond acceptors (Lipinski definition) is 4. The molecule has 0 bridgehead atoms. The fraction of sp³-hybridized carbons (Fsp3) is 0.429. The normalized spacial score (nSPS) is 14.4. The Morgan fingerprint density at radius 2 is 1.69 bits per heavy atom. The molecule has 1 aliphatic heterocycles. The van der Waals surface area contributed by atoms with Gasteiger partial charge < -0.3 is 14.7 Å². The number of para-hydroxylation sites is 1. The third kappa shape index (κ3) is 4.34. The van der Waals surface area contributed by atoms with Crippen molar-refractivity contribution >= 4 is 17.3 Å². The van der Waals surface area contributed by atoms with Gasteiger partial charge in [-0.3, -0.25) is 9.78 Å². The van der Waals surface area contributed by atoms with E-state index in [4.69, 9.17) is 0 Å². The maximum Gasteiger partial charge on any atom is 0.255 e. The molecule has 1 saturated heterocycles. The number of pyridine rings is 1. The number of carbonyl (C=O) groups is 1. The minimum Gasteiger partial charge on any atom is -0.368 e. The molecule has 0 atom stereocenters. The molecule has 1 aliphatic rings. The lowest BCUT2D eigenvalue weighted by Crippen LogP contribution is -2.46. The molecule has 3 rings (SSSR count). The van der Waals surface area contributed by atoms with Crippen LogP contribution < -0.4 is 9.80 Å². The summed E-state index contributed by atoms with van der Waals surface area (Å²) in [6.45, 7) is 6.72. The Kier molecular flexibility index (Phi) is 6.10. The molecule has 0 N–H and O–H groups in total. The highest BCUT2D eigenvalue weighted by Crippen LogP contribution is 2.21. The van der Waals surface area contributed by atoms with E-state index in [2.05, 4.69) is 46.0 Å². The molecule has 1 amide bonds. The van der Waals surface area contributed by atoms with E-state index in [1.54, 1.807) is 11.1 Å². The number of aromatic nitrogens is 1. The number of unbranched alkanes of at least 4 members (excludes halogenated alkanes) is 1. The first-order valence-corrected chi connectivity index (χ1v) is 9.44. The van der Waals surface area contributed by atoms with E-state index < -0.39 is 0 Å². The average molecular weight is 352 g/mol. The van der Waals surface area contributed by atoms with Gasteiger partial charge in [-0.2, -0.15) is 0 Å². The van der Waals surface area contributed by atoms with Crippen LogP contribution in [0.2, 0.25) is 0 Å². The number of rotatable bonds is 6. The van der Waals surface area contributed by atoms with Crippen LogP contribution in [0.1, 0.15) is 30.1 Å². The van der Waals surface area contributed by atoms with Crippen molar-refractivity contribution in [2.45, 2.75) is 19.8 Å². The van der Waals surface area contributed by atoms with E-state index in [1.165, 1.54) is 5.69 Å². The average Bonchev–Trinajstić information content (AvgIpc) is 2.72. The first-order valence-electron chi connectivity index (χ1n) is 9.44. The summed E-state index contributed by atoms with van der Waals surface area (Å²) >= 11 is 0. The summed E-state index contributed by atoms with van der Waals surface area (Å²) in [5.41, 5.74) is 2.98. The Balaban J connectivity index is 1.63. The summed E-state index contributed by atoms with van der Waals surface area (Å²) in [7, 11) is 1.86. The predicted molar refractivity (Wildman–Crippen MR) is 107 cm³/mol. The van der Waals surface area contributed by atoms with Gasteiger partial charge in [0.2, 0.25) is 0 Å². The molecule has 26 heavy (non-hydrogen) atoms. The molecule has 5 heteroatoms. The molecular weight excluding hydrogens is 324 g/mol. The van der Waals surface area contributed by atoms with Crippen LogP contribution >= 0.6 is 0 Å². The fourth-order valence-corrected chi connectivity index (χ4v) is 3.30. The topological polar surface area (TPSA) is 39.7 Å². The number of anilines is 2. The summed E-state index contributed by atoms with van der Waals surface area (Å²) in [5.74, 6) is 0.0516. The van der Waals surface area contributed by atoms with Crippen molar-refractivity contribution in [1.29, 1.82) is 0 Å². The Morgan fingerprint density at radius 1 is 1.04 bits per heavy atom. The highest BCUT2D eigenvalue weighted by molar-refractivity contribution is 5.94. The van der Waals surface area contributed by atoms with Crippen molar-refractivity contribution < 1.29 is 4.79 Å². The number of carbonyl (C=O) groups excluding carboxylic acids is 1. The largest absolute Gasteiger partial charge is 0.368 e. The van der Waals surface area contributed by atoms with E-state index in [-0.39, 0.29) is 5.91 Å². The predicted octanol–water partition coefficient (Wildman–Crippen LogP) is 3.28. The smallest absolute Gasteiger partial charge is 0.255 e. The summed E-state index contributed by atoms with van der Waals surface area (Å²) < 4.78 is 0. The minimum atomic E-state index is 0.0516. The molecule has 2 heterocycles. The van der Waals surface area contributed by atoms with Gasteiger partial charge in [0.15, 0.2) is 0 Å². The van der Waals surface area contributed by atoms with Gasteiger partial charge in [0, 0.05) is 51.7 Å². The molecule has 0 radical (unpaired) electrons. The molecule has 1 aromatic carbocycles. The number of piperazine rings is 1. The highest BCUT2D eigenvalue weighted by Gasteiger charge is 2.19. The molecule has 1 fully saturated rings. The highest BCUT2D eigenvalue weighted by atomic mass is 16.2. The Labute approximate surface area is 156 Å². The fourth-order valence-electron chi connectivity index (χ4n) is 3.30. The van der Waals surface area contributed by atoms with Gasteiger partial charge in [-0.05, 0) is 24.6 Å². The van der Waals surface area contributed by atoms with Crippen molar-refractivity contribution in [2.75, 3.05) is 49.6 Å². The van der Waals surface area contributed by atoms with Crippen molar-refractivity contribution in [3.05, 3.63) is 54.4 Å². The van der Waals surface area contributed by atoms with E-state index >= 15 is 0 Å². The SMILES string of the molecule is CCCCN(C)C(=O)c1cncc(N2CCN(c3ccccc3)CC2)c1. The van der Waals surface area contributed by atoms with Crippen LogP contribution in [0.5, 0.6) is 0 Å². The van der Waals surface area contributed by atoms with Gasteiger partial charge in [0.25, 0.3) is 5.91 Å². The Morgan fingerprint density at radius 3 is 2.35 bits per heavy atom. The van der Waals surface area contributed by atoms with Crippen LogP contribution in [0, 0.1) is 0 Å². The van der Waals surface area contributed by atoms with Gasteiger partial charge in [-0.15, -0.1) is 0 Å². The minimum absolute atomic E-state index is 0.0516. The molecule has 0 unspecified atom stereocenters. The third-order valence-corrected chi connectivity index (χ3v) is 4.93. The van der Waals surface area contributed by atoms with Crippen LogP contribution in [-0.2, 0) is 0 Å². The zero-order valence-electron chi connectivity index (χ0n) is 15.8. The quantitative estimate of drug-likeness (QED) is 0.800. The first-order chi connectivity index (χ1) is 12.7. The van der Waals surface area contributed by atoms with E-state index in [9.17, 15) is 4.79 Å². The maximum absolute atomic E-state index is 12.6.